The van der Waals surface area contributed by atoms with Gasteiger partial charge in [-0.3, -0.25) is 4.79 Å². The minimum Gasteiger partial charge on any atom is -0.374 e. The zero-order valence-electron chi connectivity index (χ0n) is 15.4. The zero-order chi connectivity index (χ0) is 17.3. The van der Waals surface area contributed by atoms with E-state index in [-0.39, 0.29) is 11.5 Å². The number of nitrogens with one attached hydrogen (secondary N) is 1. The van der Waals surface area contributed by atoms with Crippen LogP contribution in [0.3, 0.4) is 0 Å². The lowest BCUT2D eigenvalue weighted by atomic mass is 9.49. The zero-order valence-corrected chi connectivity index (χ0v) is 15.4. The molecule has 3 nitrogen and oxygen atoms in total. The molecular weight excluding hydrogens is 310 g/mol. The van der Waals surface area contributed by atoms with Crippen LogP contribution in [0.4, 0.5) is 0 Å². The molecule has 0 saturated heterocycles. The summed E-state index contributed by atoms with van der Waals surface area (Å²) >= 11 is 0. The van der Waals surface area contributed by atoms with Gasteiger partial charge in [-0.2, -0.15) is 0 Å². The molecule has 136 valence electrons. The normalized spacial score (nSPS) is 34.0. The molecule has 4 saturated carbocycles. The molecule has 1 amide bonds. The van der Waals surface area contributed by atoms with Crippen LogP contribution in [0.25, 0.3) is 0 Å². The van der Waals surface area contributed by atoms with Gasteiger partial charge in [-0.05, 0) is 75.2 Å². The standard InChI is InChI=1S/C22H31NO2/c1-16(20-6-3-2-4-7-20)25-9-5-8-23-21(24)22-13-17-10-18(14-22)12-19(11-17)15-22/h2-4,6-7,16-19H,5,8-15H2,1H3,(H,23,24). The van der Waals surface area contributed by atoms with E-state index in [1.807, 2.05) is 18.2 Å². The van der Waals surface area contributed by atoms with Crippen molar-refractivity contribution in [2.75, 3.05) is 13.2 Å². The summed E-state index contributed by atoms with van der Waals surface area (Å²) in [6, 6.07) is 10.3. The Hall–Kier alpha value is -1.35. The average molecular weight is 341 g/mol. The molecule has 0 spiro atoms. The number of hydrogen-bond acceptors (Lipinski definition) is 2. The van der Waals surface area contributed by atoms with Crippen molar-refractivity contribution in [3.8, 4) is 0 Å². The van der Waals surface area contributed by atoms with Crippen molar-refractivity contribution in [3.63, 3.8) is 0 Å². The third kappa shape index (κ3) is 3.62. The summed E-state index contributed by atoms with van der Waals surface area (Å²) in [6.07, 6.45) is 8.59. The van der Waals surface area contributed by atoms with Crippen LogP contribution in [-0.2, 0) is 9.53 Å². The van der Waals surface area contributed by atoms with E-state index in [0.29, 0.717) is 12.5 Å². The first kappa shape index (κ1) is 17.1. The van der Waals surface area contributed by atoms with Gasteiger partial charge in [0, 0.05) is 18.6 Å². The van der Waals surface area contributed by atoms with E-state index in [4.69, 9.17) is 4.74 Å². The topological polar surface area (TPSA) is 38.3 Å². The predicted octanol–water partition coefficient (Wildman–Crippen LogP) is 4.49. The molecule has 4 aliphatic rings. The van der Waals surface area contributed by atoms with Crippen LogP contribution in [0.1, 0.15) is 63.5 Å². The van der Waals surface area contributed by atoms with Gasteiger partial charge in [0.05, 0.1) is 6.10 Å². The lowest BCUT2D eigenvalue weighted by Crippen LogP contribution is -2.53. The molecule has 5 rings (SSSR count). The SMILES string of the molecule is CC(OCCCNC(=O)C12CC3CC(CC(C3)C1)C2)c1ccccc1. The maximum Gasteiger partial charge on any atom is 0.226 e. The molecule has 0 radical (unpaired) electrons. The van der Waals surface area contributed by atoms with Gasteiger partial charge in [-0.1, -0.05) is 30.3 Å². The maximum absolute atomic E-state index is 12.9. The average Bonchev–Trinajstić information content (AvgIpc) is 2.60. The van der Waals surface area contributed by atoms with Gasteiger partial charge in [0.15, 0.2) is 0 Å². The molecule has 1 aromatic rings. The van der Waals surface area contributed by atoms with Gasteiger partial charge in [0.1, 0.15) is 0 Å². The minimum atomic E-state index is -0.0209. The summed E-state index contributed by atoms with van der Waals surface area (Å²) in [7, 11) is 0. The Labute approximate surface area is 151 Å². The van der Waals surface area contributed by atoms with E-state index in [1.165, 1.54) is 24.8 Å². The van der Waals surface area contributed by atoms with E-state index in [9.17, 15) is 4.79 Å². The lowest BCUT2D eigenvalue weighted by molar-refractivity contribution is -0.146. The highest BCUT2D eigenvalue weighted by Gasteiger charge is 2.54. The Morgan fingerprint density at radius 3 is 2.32 bits per heavy atom. The molecule has 1 N–H and O–H groups in total. The number of amides is 1. The van der Waals surface area contributed by atoms with Gasteiger partial charge in [0.25, 0.3) is 0 Å². The Bertz CT molecular complexity index is 562. The third-order valence-corrected chi connectivity index (χ3v) is 6.76. The number of carbonyl (C=O) groups excluding carboxylic acids is 1. The van der Waals surface area contributed by atoms with Crippen molar-refractivity contribution in [3.05, 3.63) is 35.9 Å². The second-order valence-corrected chi connectivity index (χ2v) is 8.73. The molecular formula is C22H31NO2. The molecule has 4 bridgehead atoms. The summed E-state index contributed by atoms with van der Waals surface area (Å²) in [5.74, 6) is 2.81. The van der Waals surface area contributed by atoms with Crippen LogP contribution >= 0.6 is 0 Å². The fraction of sp³-hybridized carbons (Fsp3) is 0.682. The molecule has 4 fully saturated rings. The Kier molecular flexibility index (Phi) is 4.86. The molecule has 1 atom stereocenters. The van der Waals surface area contributed by atoms with Crippen molar-refractivity contribution in [1.82, 2.24) is 5.32 Å². The van der Waals surface area contributed by atoms with Crippen molar-refractivity contribution < 1.29 is 9.53 Å². The molecule has 0 aromatic heterocycles. The van der Waals surface area contributed by atoms with Crippen LogP contribution in [-0.4, -0.2) is 19.1 Å². The Balaban J connectivity index is 1.20. The highest BCUT2D eigenvalue weighted by molar-refractivity contribution is 5.83. The van der Waals surface area contributed by atoms with Crippen LogP contribution in [0.5, 0.6) is 0 Å². The van der Waals surface area contributed by atoms with E-state index < -0.39 is 0 Å². The molecule has 4 aliphatic carbocycles. The summed E-state index contributed by atoms with van der Waals surface area (Å²) in [5.41, 5.74) is 1.19. The third-order valence-electron chi connectivity index (χ3n) is 6.76. The van der Waals surface area contributed by atoms with Gasteiger partial charge in [-0.25, -0.2) is 0 Å². The highest BCUT2D eigenvalue weighted by atomic mass is 16.5. The fourth-order valence-corrected chi connectivity index (χ4v) is 5.93. The van der Waals surface area contributed by atoms with Gasteiger partial charge < -0.3 is 10.1 Å². The predicted molar refractivity (Wildman–Crippen MR) is 99.0 cm³/mol. The van der Waals surface area contributed by atoms with Crippen molar-refractivity contribution in [2.24, 2.45) is 23.2 Å². The first-order chi connectivity index (χ1) is 12.1. The Morgan fingerprint density at radius 2 is 1.72 bits per heavy atom. The van der Waals surface area contributed by atoms with E-state index in [2.05, 4.69) is 24.4 Å². The smallest absolute Gasteiger partial charge is 0.226 e. The molecule has 0 heterocycles. The summed E-state index contributed by atoms with van der Waals surface area (Å²) in [4.78, 5) is 12.9. The summed E-state index contributed by atoms with van der Waals surface area (Å²) in [5, 5.41) is 3.23. The van der Waals surface area contributed by atoms with Gasteiger partial charge >= 0.3 is 0 Å². The maximum atomic E-state index is 12.9. The molecule has 3 heteroatoms. The lowest BCUT2D eigenvalue weighted by Gasteiger charge is -2.55. The van der Waals surface area contributed by atoms with Crippen molar-refractivity contribution >= 4 is 5.91 Å². The number of benzene rings is 1. The first-order valence-corrected chi connectivity index (χ1v) is 10.1. The number of ether oxygens (including phenoxy) is 1. The first-order valence-electron chi connectivity index (χ1n) is 10.1. The fourth-order valence-electron chi connectivity index (χ4n) is 5.93. The molecule has 1 unspecified atom stereocenters. The molecule has 0 aliphatic heterocycles. The summed E-state index contributed by atoms with van der Waals surface area (Å²) in [6.45, 7) is 3.52. The van der Waals surface area contributed by atoms with E-state index >= 15 is 0 Å². The number of rotatable bonds is 7. The molecule has 25 heavy (non-hydrogen) atoms. The van der Waals surface area contributed by atoms with E-state index in [0.717, 1.165) is 50.0 Å². The van der Waals surface area contributed by atoms with Gasteiger partial charge in [0.2, 0.25) is 5.91 Å². The minimum absolute atomic E-state index is 0.0209. The molecule has 1 aromatic carbocycles. The van der Waals surface area contributed by atoms with Crippen molar-refractivity contribution in [2.45, 2.75) is 58.0 Å². The monoisotopic (exact) mass is 341 g/mol. The largest absolute Gasteiger partial charge is 0.374 e. The second-order valence-electron chi connectivity index (χ2n) is 8.73. The second kappa shape index (κ2) is 7.11. The van der Waals surface area contributed by atoms with Crippen molar-refractivity contribution in [1.29, 1.82) is 0 Å². The van der Waals surface area contributed by atoms with E-state index in [1.54, 1.807) is 0 Å². The highest BCUT2D eigenvalue weighted by Crippen LogP contribution is 2.60. The Morgan fingerprint density at radius 1 is 1.12 bits per heavy atom. The quantitative estimate of drug-likeness (QED) is 0.742. The number of carbonyl (C=O) groups is 1. The van der Waals surface area contributed by atoms with Crippen LogP contribution in [0, 0.1) is 23.2 Å². The number of hydrogen-bond donors (Lipinski definition) is 1. The van der Waals surface area contributed by atoms with Crippen LogP contribution < -0.4 is 5.32 Å². The van der Waals surface area contributed by atoms with Crippen LogP contribution in [0.2, 0.25) is 0 Å². The van der Waals surface area contributed by atoms with Crippen LogP contribution in [0.15, 0.2) is 30.3 Å². The van der Waals surface area contributed by atoms with Gasteiger partial charge in [-0.15, -0.1) is 0 Å². The summed E-state index contributed by atoms with van der Waals surface area (Å²) < 4.78 is 5.91.